The number of hydrogen-bond acceptors (Lipinski definition) is 2. The van der Waals surface area contributed by atoms with E-state index in [1.54, 1.807) is 0 Å². The van der Waals surface area contributed by atoms with Crippen molar-refractivity contribution in [3.8, 4) is 0 Å². The third-order valence-corrected chi connectivity index (χ3v) is 3.75. The van der Waals surface area contributed by atoms with Crippen LogP contribution in [0.3, 0.4) is 0 Å². The zero-order valence-electron chi connectivity index (χ0n) is 10.6. The monoisotopic (exact) mass is 232 g/mol. The van der Waals surface area contributed by atoms with Gasteiger partial charge in [0, 0.05) is 0 Å². The third kappa shape index (κ3) is 2.68. The number of ether oxygens (including phenoxy) is 1. The first-order valence-corrected chi connectivity index (χ1v) is 6.45. The van der Waals surface area contributed by atoms with E-state index in [0.29, 0.717) is 12.5 Å². The predicted molar refractivity (Wildman–Crippen MR) is 67.8 cm³/mol. The summed E-state index contributed by atoms with van der Waals surface area (Å²) in [6, 6.07) is 8.55. The summed E-state index contributed by atoms with van der Waals surface area (Å²) < 4.78 is 5.11. The van der Waals surface area contributed by atoms with Crippen molar-refractivity contribution in [2.24, 2.45) is 11.8 Å². The number of fused-ring (bicyclic) bond motifs is 1. The molecule has 0 aromatic heterocycles. The first kappa shape index (κ1) is 12.2. The van der Waals surface area contributed by atoms with Gasteiger partial charge in [0.05, 0.1) is 12.5 Å². The van der Waals surface area contributed by atoms with E-state index < -0.39 is 0 Å². The van der Waals surface area contributed by atoms with Crippen molar-refractivity contribution in [3.05, 3.63) is 35.4 Å². The molecule has 92 valence electrons. The van der Waals surface area contributed by atoms with Crippen molar-refractivity contribution in [1.29, 1.82) is 0 Å². The van der Waals surface area contributed by atoms with Crippen molar-refractivity contribution in [1.82, 2.24) is 0 Å². The molecule has 0 aliphatic heterocycles. The Morgan fingerprint density at radius 3 is 2.82 bits per heavy atom. The summed E-state index contributed by atoms with van der Waals surface area (Å²) in [6.07, 6.45) is 3.19. The number of aryl methyl sites for hydroxylation is 1. The van der Waals surface area contributed by atoms with Crippen LogP contribution in [0.5, 0.6) is 0 Å². The maximum Gasteiger partial charge on any atom is 0.308 e. The highest BCUT2D eigenvalue weighted by Crippen LogP contribution is 2.30. The van der Waals surface area contributed by atoms with E-state index >= 15 is 0 Å². The Hall–Kier alpha value is -1.31. The summed E-state index contributed by atoms with van der Waals surface area (Å²) in [7, 11) is 0. The summed E-state index contributed by atoms with van der Waals surface area (Å²) in [5.41, 5.74) is 2.85. The van der Waals surface area contributed by atoms with Crippen LogP contribution in [0.4, 0.5) is 0 Å². The van der Waals surface area contributed by atoms with E-state index in [2.05, 4.69) is 24.3 Å². The van der Waals surface area contributed by atoms with Crippen LogP contribution in [0.15, 0.2) is 24.3 Å². The van der Waals surface area contributed by atoms with Crippen molar-refractivity contribution in [3.63, 3.8) is 0 Å². The number of carbonyl (C=O) groups excluding carboxylic acids is 1. The second-order valence-electron chi connectivity index (χ2n) is 4.81. The lowest BCUT2D eigenvalue weighted by molar-refractivity contribution is -0.149. The average Bonchev–Trinajstić information content (AvgIpc) is 2.37. The van der Waals surface area contributed by atoms with E-state index in [4.69, 9.17) is 4.74 Å². The molecule has 2 nitrogen and oxygen atoms in total. The minimum Gasteiger partial charge on any atom is -0.466 e. The molecule has 2 rings (SSSR count). The lowest BCUT2D eigenvalue weighted by atomic mass is 9.78. The first-order chi connectivity index (χ1) is 8.22. The Balaban J connectivity index is 2.04. The number of rotatable bonds is 3. The number of esters is 1. The van der Waals surface area contributed by atoms with E-state index in [0.717, 1.165) is 19.3 Å². The largest absolute Gasteiger partial charge is 0.466 e. The van der Waals surface area contributed by atoms with Gasteiger partial charge < -0.3 is 4.74 Å². The van der Waals surface area contributed by atoms with Gasteiger partial charge in [0.25, 0.3) is 0 Å². The van der Waals surface area contributed by atoms with Crippen LogP contribution in [-0.4, -0.2) is 12.6 Å². The van der Waals surface area contributed by atoms with Crippen LogP contribution in [0.25, 0.3) is 0 Å². The zero-order valence-corrected chi connectivity index (χ0v) is 10.6. The predicted octanol–water partition coefficient (Wildman–Crippen LogP) is 2.99. The number of carbonyl (C=O) groups is 1. The fraction of sp³-hybridized carbons (Fsp3) is 0.533. The van der Waals surface area contributed by atoms with Gasteiger partial charge in [-0.05, 0) is 43.2 Å². The lowest BCUT2D eigenvalue weighted by Crippen LogP contribution is -2.28. The molecule has 0 bridgehead atoms. The fourth-order valence-corrected chi connectivity index (χ4v) is 2.62. The average molecular weight is 232 g/mol. The van der Waals surface area contributed by atoms with Crippen LogP contribution in [-0.2, 0) is 22.4 Å². The number of benzene rings is 1. The van der Waals surface area contributed by atoms with E-state index in [1.165, 1.54) is 11.1 Å². The van der Waals surface area contributed by atoms with Gasteiger partial charge in [0.2, 0.25) is 0 Å². The third-order valence-electron chi connectivity index (χ3n) is 3.75. The molecule has 0 heterocycles. The maximum absolute atomic E-state index is 11.7. The summed E-state index contributed by atoms with van der Waals surface area (Å²) in [6.45, 7) is 4.34. The highest BCUT2D eigenvalue weighted by Gasteiger charge is 2.28. The number of hydrogen-bond donors (Lipinski definition) is 0. The van der Waals surface area contributed by atoms with Gasteiger partial charge in [0.1, 0.15) is 0 Å². The molecule has 1 aliphatic carbocycles. The highest BCUT2D eigenvalue weighted by molar-refractivity contribution is 5.72. The summed E-state index contributed by atoms with van der Waals surface area (Å²) >= 11 is 0. The molecule has 0 fully saturated rings. The molecule has 0 radical (unpaired) electrons. The molecule has 2 atom stereocenters. The smallest absolute Gasteiger partial charge is 0.308 e. The molecule has 1 aromatic carbocycles. The highest BCUT2D eigenvalue weighted by atomic mass is 16.5. The van der Waals surface area contributed by atoms with E-state index in [-0.39, 0.29) is 11.9 Å². The Labute approximate surface area is 103 Å². The van der Waals surface area contributed by atoms with Crippen molar-refractivity contribution < 1.29 is 9.53 Å². The van der Waals surface area contributed by atoms with Gasteiger partial charge in [-0.15, -0.1) is 0 Å². The van der Waals surface area contributed by atoms with Gasteiger partial charge in [-0.25, -0.2) is 0 Å². The SMILES string of the molecule is CCOC(=O)C(C)C1CCc2ccccc2C1. The van der Waals surface area contributed by atoms with Gasteiger partial charge in [0.15, 0.2) is 0 Å². The molecule has 0 saturated carbocycles. The molecular weight excluding hydrogens is 212 g/mol. The van der Waals surface area contributed by atoms with Gasteiger partial charge in [-0.3, -0.25) is 4.79 Å². The molecule has 0 amide bonds. The molecule has 0 saturated heterocycles. The standard InChI is InChI=1S/C15H20O2/c1-3-17-15(16)11(2)13-9-8-12-6-4-5-7-14(12)10-13/h4-7,11,13H,3,8-10H2,1-2H3. The van der Waals surface area contributed by atoms with Gasteiger partial charge >= 0.3 is 5.97 Å². The van der Waals surface area contributed by atoms with Crippen LogP contribution in [0.2, 0.25) is 0 Å². The Morgan fingerprint density at radius 1 is 1.41 bits per heavy atom. The zero-order chi connectivity index (χ0) is 12.3. The van der Waals surface area contributed by atoms with Gasteiger partial charge in [-0.1, -0.05) is 31.2 Å². The van der Waals surface area contributed by atoms with Crippen LogP contribution in [0.1, 0.15) is 31.4 Å². The van der Waals surface area contributed by atoms with Crippen molar-refractivity contribution >= 4 is 5.97 Å². The summed E-state index contributed by atoms with van der Waals surface area (Å²) in [4.78, 5) is 11.7. The fourth-order valence-electron chi connectivity index (χ4n) is 2.62. The van der Waals surface area contributed by atoms with Crippen molar-refractivity contribution in [2.45, 2.75) is 33.1 Å². The van der Waals surface area contributed by atoms with Gasteiger partial charge in [-0.2, -0.15) is 0 Å². The van der Waals surface area contributed by atoms with Crippen LogP contribution < -0.4 is 0 Å². The van der Waals surface area contributed by atoms with E-state index in [9.17, 15) is 4.79 Å². The van der Waals surface area contributed by atoms with Crippen molar-refractivity contribution in [2.75, 3.05) is 6.61 Å². The topological polar surface area (TPSA) is 26.3 Å². The van der Waals surface area contributed by atoms with Crippen LogP contribution >= 0.6 is 0 Å². The normalized spacial score (nSPS) is 20.5. The maximum atomic E-state index is 11.7. The van der Waals surface area contributed by atoms with Crippen LogP contribution in [0, 0.1) is 11.8 Å². The van der Waals surface area contributed by atoms with E-state index in [1.807, 2.05) is 13.8 Å². The lowest BCUT2D eigenvalue weighted by Gasteiger charge is -2.28. The second kappa shape index (κ2) is 5.35. The first-order valence-electron chi connectivity index (χ1n) is 6.45. The summed E-state index contributed by atoms with van der Waals surface area (Å²) in [5, 5.41) is 0. The molecule has 2 heteroatoms. The molecule has 2 unspecified atom stereocenters. The second-order valence-corrected chi connectivity index (χ2v) is 4.81. The Morgan fingerprint density at radius 2 is 2.12 bits per heavy atom. The Bertz CT molecular complexity index is 398. The molecular formula is C15H20O2. The quantitative estimate of drug-likeness (QED) is 0.749. The molecule has 0 N–H and O–H groups in total. The minimum absolute atomic E-state index is 0.0170. The summed E-state index contributed by atoms with van der Waals surface area (Å²) in [5.74, 6) is 0.407. The Kier molecular flexibility index (Phi) is 3.82. The molecule has 0 spiro atoms. The minimum atomic E-state index is -0.0446. The molecule has 17 heavy (non-hydrogen) atoms. The molecule has 1 aliphatic rings. The molecule has 1 aromatic rings.